The number of piperazine rings is 1. The van der Waals surface area contributed by atoms with Crippen LogP contribution in [0.25, 0.3) is 0 Å². The van der Waals surface area contributed by atoms with Gasteiger partial charge in [0.2, 0.25) is 5.91 Å². The molecule has 1 saturated heterocycles. The molecule has 2 aromatic heterocycles. The second kappa shape index (κ2) is 13.7. The second-order valence-corrected chi connectivity index (χ2v) is 10.3. The number of thiazole rings is 1. The molecule has 0 aromatic carbocycles. The largest absolute Gasteiger partial charge is 0.418 e. The molecule has 41 heavy (non-hydrogen) atoms. The number of aliphatic hydroxyl groups is 1. The Morgan fingerprint density at radius 1 is 1.20 bits per heavy atom. The molecule has 1 aliphatic heterocycles. The predicted molar refractivity (Wildman–Crippen MR) is 146 cm³/mol. The molecular formula is C24H28ClF3N8O4S. The van der Waals surface area contributed by atoms with Crippen molar-refractivity contribution in [3.8, 4) is 0 Å². The van der Waals surface area contributed by atoms with E-state index in [0.29, 0.717) is 43.1 Å². The summed E-state index contributed by atoms with van der Waals surface area (Å²) in [6.07, 6.45) is -1.29. The zero-order valence-electron chi connectivity index (χ0n) is 22.0. The van der Waals surface area contributed by atoms with Crippen molar-refractivity contribution in [3.63, 3.8) is 0 Å². The minimum absolute atomic E-state index is 0.0609. The van der Waals surface area contributed by atoms with Crippen LogP contribution in [0.1, 0.15) is 39.6 Å². The van der Waals surface area contributed by atoms with Gasteiger partial charge in [0, 0.05) is 51.9 Å². The average molecular weight is 617 g/mol. The molecule has 1 unspecified atom stereocenters. The summed E-state index contributed by atoms with van der Waals surface area (Å²) in [6, 6.07) is -0.0623. The highest BCUT2D eigenvalue weighted by Crippen LogP contribution is 2.35. The van der Waals surface area contributed by atoms with Crippen molar-refractivity contribution >= 4 is 52.2 Å². The van der Waals surface area contributed by atoms with Crippen molar-refractivity contribution < 1.29 is 32.7 Å². The summed E-state index contributed by atoms with van der Waals surface area (Å²) >= 11 is 6.47. The van der Waals surface area contributed by atoms with Gasteiger partial charge in [-0.25, -0.2) is 9.97 Å². The number of amides is 3. The van der Waals surface area contributed by atoms with E-state index >= 15 is 0 Å². The first-order chi connectivity index (χ1) is 19.3. The standard InChI is InChI=1S/C24H28ClF3N8O4S/c1-13(23-32-12-17(41-23)22(40)34-18-9-14(24(26,27)28)15(25)11-31-18)33-21(39)16(29)10-19(30-2)35-4-6-36(7-5-35)20(38)3-8-37/h9-13,29-30,37H,3-8H2,1-2H3,(H,33,39)(H,31,34,40)/b19-10+,29-16?. The van der Waals surface area contributed by atoms with Crippen LogP contribution in [0.2, 0.25) is 5.02 Å². The molecule has 3 heterocycles. The van der Waals surface area contributed by atoms with E-state index in [4.69, 9.17) is 22.1 Å². The van der Waals surface area contributed by atoms with Gasteiger partial charge in [-0.1, -0.05) is 11.6 Å². The lowest BCUT2D eigenvalue weighted by Crippen LogP contribution is -2.50. The van der Waals surface area contributed by atoms with Crippen LogP contribution in [0.15, 0.2) is 30.4 Å². The van der Waals surface area contributed by atoms with Crippen molar-refractivity contribution in [3.05, 3.63) is 50.8 Å². The number of aromatic nitrogens is 2. The van der Waals surface area contributed by atoms with Crippen molar-refractivity contribution in [1.29, 1.82) is 5.41 Å². The van der Waals surface area contributed by atoms with Crippen LogP contribution in [-0.4, -0.2) is 88.1 Å². The smallest absolute Gasteiger partial charge is 0.396 e. The van der Waals surface area contributed by atoms with Gasteiger partial charge in [-0.05, 0) is 13.0 Å². The minimum Gasteiger partial charge on any atom is -0.396 e. The van der Waals surface area contributed by atoms with Crippen molar-refractivity contribution in [2.24, 2.45) is 0 Å². The summed E-state index contributed by atoms with van der Waals surface area (Å²) in [4.78, 5) is 48.6. The third kappa shape index (κ3) is 8.37. The zero-order valence-corrected chi connectivity index (χ0v) is 23.6. The molecule has 0 saturated carbocycles. The van der Waals surface area contributed by atoms with E-state index in [0.717, 1.165) is 17.5 Å². The van der Waals surface area contributed by atoms with E-state index < -0.39 is 34.6 Å². The molecule has 0 bridgehead atoms. The van der Waals surface area contributed by atoms with Crippen LogP contribution < -0.4 is 16.0 Å². The number of nitrogens with one attached hydrogen (secondary N) is 4. The number of carbonyl (C=O) groups is 3. The Morgan fingerprint density at radius 2 is 1.85 bits per heavy atom. The number of aliphatic hydroxyl groups excluding tert-OH is 1. The van der Waals surface area contributed by atoms with Gasteiger partial charge < -0.3 is 30.9 Å². The van der Waals surface area contributed by atoms with Crippen molar-refractivity contribution in [1.82, 2.24) is 30.4 Å². The fourth-order valence-corrected chi connectivity index (χ4v) is 4.83. The van der Waals surface area contributed by atoms with Gasteiger partial charge in [-0.15, -0.1) is 11.3 Å². The van der Waals surface area contributed by atoms with Crippen LogP contribution in [0.3, 0.4) is 0 Å². The molecule has 3 amide bonds. The quantitative estimate of drug-likeness (QED) is 0.254. The first-order valence-electron chi connectivity index (χ1n) is 12.3. The van der Waals surface area contributed by atoms with Crippen molar-refractivity contribution in [2.75, 3.05) is 45.2 Å². The predicted octanol–water partition coefficient (Wildman–Crippen LogP) is 2.25. The SMILES string of the molecule is CN/C(=C\C(=N)C(=O)NC(C)c1ncc(C(=O)Nc2cc(C(F)(F)F)c(Cl)cn2)s1)N1CCN(C(=O)CCO)CC1. The lowest BCUT2D eigenvalue weighted by molar-refractivity contribution is -0.137. The normalized spacial score (nSPS) is 14.9. The molecule has 0 radical (unpaired) electrons. The number of anilines is 1. The molecule has 1 fully saturated rings. The van der Waals surface area contributed by atoms with Gasteiger partial charge in [0.1, 0.15) is 27.2 Å². The summed E-state index contributed by atoms with van der Waals surface area (Å²) < 4.78 is 39.2. The Morgan fingerprint density at radius 3 is 2.46 bits per heavy atom. The van der Waals surface area contributed by atoms with Crippen LogP contribution in [0, 0.1) is 5.41 Å². The Labute approximate surface area is 242 Å². The molecule has 0 aliphatic carbocycles. The summed E-state index contributed by atoms with van der Waals surface area (Å²) in [5.74, 6) is -1.41. The molecule has 222 valence electrons. The van der Waals surface area contributed by atoms with Gasteiger partial charge in [-0.3, -0.25) is 19.8 Å². The third-order valence-electron chi connectivity index (χ3n) is 5.95. The average Bonchev–Trinajstić information content (AvgIpc) is 3.43. The van der Waals surface area contributed by atoms with Crippen molar-refractivity contribution in [2.45, 2.75) is 25.6 Å². The van der Waals surface area contributed by atoms with E-state index in [1.165, 1.54) is 12.3 Å². The zero-order chi connectivity index (χ0) is 30.3. The number of hydrogen-bond acceptors (Lipinski definition) is 10. The summed E-state index contributed by atoms with van der Waals surface area (Å²) in [7, 11) is 1.65. The first-order valence-corrected chi connectivity index (χ1v) is 13.5. The van der Waals surface area contributed by atoms with Crippen LogP contribution in [-0.2, 0) is 15.8 Å². The Kier molecular flexibility index (Phi) is 10.6. The van der Waals surface area contributed by atoms with Crippen LogP contribution in [0.4, 0.5) is 19.0 Å². The van der Waals surface area contributed by atoms with E-state index in [-0.39, 0.29) is 35.3 Å². The highest BCUT2D eigenvalue weighted by molar-refractivity contribution is 7.13. The number of nitrogens with zero attached hydrogens (tertiary/aromatic N) is 4. The fraction of sp³-hybridized carbons (Fsp3) is 0.417. The number of hydrogen-bond donors (Lipinski definition) is 5. The number of rotatable bonds is 10. The van der Waals surface area contributed by atoms with Crippen LogP contribution >= 0.6 is 22.9 Å². The third-order valence-corrected chi connectivity index (χ3v) is 7.43. The van der Waals surface area contributed by atoms with E-state index in [9.17, 15) is 27.6 Å². The Balaban J connectivity index is 1.58. The maximum atomic E-state index is 13.1. The Hall–Kier alpha value is -3.76. The number of carbonyl (C=O) groups excluding carboxylic acids is 3. The summed E-state index contributed by atoms with van der Waals surface area (Å²) in [5, 5.41) is 24.8. The van der Waals surface area contributed by atoms with Gasteiger partial charge in [0.25, 0.3) is 11.8 Å². The highest BCUT2D eigenvalue weighted by Gasteiger charge is 2.34. The highest BCUT2D eigenvalue weighted by atomic mass is 35.5. The molecular weight excluding hydrogens is 589 g/mol. The molecule has 1 aliphatic rings. The molecule has 0 spiro atoms. The maximum Gasteiger partial charge on any atom is 0.418 e. The number of halogens is 4. The van der Waals surface area contributed by atoms with E-state index in [1.54, 1.807) is 18.9 Å². The van der Waals surface area contributed by atoms with Gasteiger partial charge in [0.05, 0.1) is 29.4 Å². The lowest BCUT2D eigenvalue weighted by Gasteiger charge is -2.37. The Bertz CT molecular complexity index is 1330. The minimum atomic E-state index is -4.72. The van der Waals surface area contributed by atoms with E-state index in [1.807, 2.05) is 4.90 Å². The van der Waals surface area contributed by atoms with Crippen LogP contribution in [0.5, 0.6) is 0 Å². The fourth-order valence-electron chi connectivity index (χ4n) is 3.81. The molecule has 5 N–H and O–H groups in total. The second-order valence-electron chi connectivity index (χ2n) is 8.79. The number of pyridine rings is 1. The summed E-state index contributed by atoms with van der Waals surface area (Å²) in [6.45, 7) is 3.21. The topological polar surface area (TPSA) is 164 Å². The van der Waals surface area contributed by atoms with Gasteiger partial charge in [0.15, 0.2) is 0 Å². The monoisotopic (exact) mass is 616 g/mol. The molecule has 17 heteroatoms. The van der Waals surface area contributed by atoms with Gasteiger partial charge in [-0.2, -0.15) is 13.2 Å². The maximum absolute atomic E-state index is 13.1. The van der Waals surface area contributed by atoms with E-state index in [2.05, 4.69) is 25.9 Å². The molecule has 2 aromatic rings. The number of alkyl halides is 3. The van der Waals surface area contributed by atoms with Gasteiger partial charge >= 0.3 is 6.18 Å². The summed E-state index contributed by atoms with van der Waals surface area (Å²) in [5.41, 5.74) is -1.48. The molecule has 3 rings (SSSR count). The molecule has 12 nitrogen and oxygen atoms in total. The first kappa shape index (κ1) is 31.8. The lowest BCUT2D eigenvalue weighted by atomic mass is 10.2. The molecule has 1 atom stereocenters.